The standard InChI is InChI=1S/C15H15NO3.ClH/c1-10(15(18)19-2)12-8-9-16-13(14(12)17)11-6-4-3-5-7-11;/h3-10,17H,1-2H3;1H. The third kappa shape index (κ3) is 3.08. The van der Waals surface area contributed by atoms with Crippen molar-refractivity contribution in [3.63, 3.8) is 0 Å². The molecule has 0 bridgehead atoms. The van der Waals surface area contributed by atoms with Gasteiger partial charge in [0.1, 0.15) is 11.4 Å². The van der Waals surface area contributed by atoms with E-state index < -0.39 is 5.92 Å². The Morgan fingerprint density at radius 1 is 1.25 bits per heavy atom. The first-order valence-corrected chi connectivity index (χ1v) is 5.96. The fourth-order valence-corrected chi connectivity index (χ4v) is 1.93. The zero-order valence-corrected chi connectivity index (χ0v) is 12.1. The molecule has 20 heavy (non-hydrogen) atoms. The maximum absolute atomic E-state index is 11.6. The normalized spacial score (nSPS) is 11.3. The smallest absolute Gasteiger partial charge is 0.312 e. The summed E-state index contributed by atoms with van der Waals surface area (Å²) in [6.45, 7) is 1.69. The molecule has 1 heterocycles. The largest absolute Gasteiger partial charge is 0.505 e. The average Bonchev–Trinajstić information content (AvgIpc) is 2.47. The van der Waals surface area contributed by atoms with Crippen molar-refractivity contribution in [1.82, 2.24) is 4.98 Å². The van der Waals surface area contributed by atoms with E-state index in [-0.39, 0.29) is 24.1 Å². The van der Waals surface area contributed by atoms with E-state index in [1.807, 2.05) is 30.3 Å². The average molecular weight is 294 g/mol. The van der Waals surface area contributed by atoms with Gasteiger partial charge in [0.2, 0.25) is 0 Å². The van der Waals surface area contributed by atoms with Crippen molar-refractivity contribution in [2.75, 3.05) is 7.11 Å². The number of halogens is 1. The second-order valence-corrected chi connectivity index (χ2v) is 4.21. The van der Waals surface area contributed by atoms with E-state index in [9.17, 15) is 9.90 Å². The summed E-state index contributed by atoms with van der Waals surface area (Å²) in [5.41, 5.74) is 1.79. The van der Waals surface area contributed by atoms with E-state index in [0.29, 0.717) is 11.3 Å². The van der Waals surface area contributed by atoms with Gasteiger partial charge in [-0.05, 0) is 13.0 Å². The highest BCUT2D eigenvalue weighted by molar-refractivity contribution is 5.85. The maximum atomic E-state index is 11.6. The first-order chi connectivity index (χ1) is 9.15. The van der Waals surface area contributed by atoms with Crippen molar-refractivity contribution in [3.8, 4) is 17.0 Å². The summed E-state index contributed by atoms with van der Waals surface area (Å²) in [4.78, 5) is 15.7. The summed E-state index contributed by atoms with van der Waals surface area (Å²) in [7, 11) is 1.33. The van der Waals surface area contributed by atoms with Crippen molar-refractivity contribution < 1.29 is 14.6 Å². The van der Waals surface area contributed by atoms with Crippen LogP contribution in [0.4, 0.5) is 0 Å². The number of benzene rings is 1. The summed E-state index contributed by atoms with van der Waals surface area (Å²) >= 11 is 0. The number of methoxy groups -OCH3 is 1. The summed E-state index contributed by atoms with van der Waals surface area (Å²) in [5.74, 6) is -0.900. The molecule has 0 aliphatic rings. The van der Waals surface area contributed by atoms with Crippen LogP contribution in [0.2, 0.25) is 0 Å². The lowest BCUT2D eigenvalue weighted by molar-refractivity contribution is -0.142. The molecule has 0 spiro atoms. The highest BCUT2D eigenvalue weighted by Gasteiger charge is 2.21. The number of aromatic nitrogens is 1. The lowest BCUT2D eigenvalue weighted by Crippen LogP contribution is -2.11. The number of carbonyl (C=O) groups is 1. The highest BCUT2D eigenvalue weighted by Crippen LogP contribution is 2.34. The molecule has 1 atom stereocenters. The van der Waals surface area contributed by atoms with E-state index >= 15 is 0 Å². The quantitative estimate of drug-likeness (QED) is 0.883. The topological polar surface area (TPSA) is 59.4 Å². The van der Waals surface area contributed by atoms with Gasteiger partial charge in [0.05, 0.1) is 13.0 Å². The number of hydrogen-bond donors (Lipinski definition) is 1. The summed E-state index contributed by atoms with van der Waals surface area (Å²) in [6, 6.07) is 11.0. The zero-order chi connectivity index (χ0) is 13.8. The van der Waals surface area contributed by atoms with Gasteiger partial charge in [-0.25, -0.2) is 0 Å². The molecule has 5 heteroatoms. The number of ether oxygens (including phenoxy) is 1. The van der Waals surface area contributed by atoms with Crippen LogP contribution in [0.3, 0.4) is 0 Å². The molecule has 0 amide bonds. The Morgan fingerprint density at radius 2 is 1.90 bits per heavy atom. The molecular weight excluding hydrogens is 278 g/mol. The number of hydrogen-bond acceptors (Lipinski definition) is 4. The van der Waals surface area contributed by atoms with Crippen LogP contribution in [0.1, 0.15) is 18.4 Å². The Hall–Kier alpha value is -2.07. The van der Waals surface area contributed by atoms with Crippen LogP contribution in [0.15, 0.2) is 42.6 Å². The second-order valence-electron chi connectivity index (χ2n) is 4.21. The third-order valence-corrected chi connectivity index (χ3v) is 3.02. The highest BCUT2D eigenvalue weighted by atomic mass is 35.5. The molecule has 0 saturated heterocycles. The number of carbonyl (C=O) groups excluding carboxylic acids is 1. The molecule has 0 fully saturated rings. The lowest BCUT2D eigenvalue weighted by Gasteiger charge is -2.13. The van der Waals surface area contributed by atoms with Gasteiger partial charge >= 0.3 is 5.97 Å². The maximum Gasteiger partial charge on any atom is 0.312 e. The SMILES string of the molecule is COC(=O)C(C)c1ccnc(-c2ccccc2)c1O.Cl. The molecular formula is C15H16ClNO3. The predicted molar refractivity (Wildman–Crippen MR) is 79.0 cm³/mol. The molecule has 0 saturated carbocycles. The number of aromatic hydroxyl groups is 1. The molecule has 0 radical (unpaired) electrons. The van der Waals surface area contributed by atoms with Gasteiger partial charge in [0.25, 0.3) is 0 Å². The summed E-state index contributed by atoms with van der Waals surface area (Å²) < 4.78 is 4.70. The number of nitrogens with zero attached hydrogens (tertiary/aromatic N) is 1. The Bertz CT molecular complexity index is 587. The molecule has 1 aromatic heterocycles. The van der Waals surface area contributed by atoms with E-state index in [0.717, 1.165) is 5.56 Å². The Balaban J connectivity index is 0.00000200. The van der Waals surface area contributed by atoms with Crippen molar-refractivity contribution in [2.45, 2.75) is 12.8 Å². The van der Waals surface area contributed by atoms with E-state index in [1.165, 1.54) is 7.11 Å². The van der Waals surface area contributed by atoms with Gasteiger partial charge < -0.3 is 9.84 Å². The van der Waals surface area contributed by atoms with Gasteiger partial charge in [-0.2, -0.15) is 0 Å². The van der Waals surface area contributed by atoms with Crippen molar-refractivity contribution >= 4 is 18.4 Å². The monoisotopic (exact) mass is 293 g/mol. The van der Waals surface area contributed by atoms with E-state index in [1.54, 1.807) is 19.2 Å². The van der Waals surface area contributed by atoms with Crippen LogP contribution >= 0.6 is 12.4 Å². The fourth-order valence-electron chi connectivity index (χ4n) is 1.93. The van der Waals surface area contributed by atoms with Crippen LogP contribution in [-0.2, 0) is 9.53 Å². The molecule has 106 valence electrons. The molecule has 1 N–H and O–H groups in total. The second kappa shape index (κ2) is 6.91. The van der Waals surface area contributed by atoms with Gasteiger partial charge in [-0.1, -0.05) is 30.3 Å². The molecule has 1 aromatic carbocycles. The Labute approximate surface area is 123 Å². The lowest BCUT2D eigenvalue weighted by atomic mass is 9.98. The first-order valence-electron chi connectivity index (χ1n) is 5.96. The minimum atomic E-state index is -0.532. The minimum absolute atomic E-state index is 0. The number of rotatable bonds is 3. The molecule has 0 aliphatic carbocycles. The first kappa shape index (κ1) is 16.0. The van der Waals surface area contributed by atoms with Crippen LogP contribution in [0, 0.1) is 0 Å². The third-order valence-electron chi connectivity index (χ3n) is 3.02. The van der Waals surface area contributed by atoms with Crippen molar-refractivity contribution in [1.29, 1.82) is 0 Å². The number of pyridine rings is 1. The number of esters is 1. The van der Waals surface area contributed by atoms with Gasteiger partial charge in [-0.3, -0.25) is 9.78 Å². The van der Waals surface area contributed by atoms with Crippen LogP contribution in [-0.4, -0.2) is 23.2 Å². The van der Waals surface area contributed by atoms with Crippen LogP contribution in [0.25, 0.3) is 11.3 Å². The Morgan fingerprint density at radius 3 is 2.50 bits per heavy atom. The van der Waals surface area contributed by atoms with Gasteiger partial charge in [-0.15, -0.1) is 12.4 Å². The van der Waals surface area contributed by atoms with E-state index in [4.69, 9.17) is 4.74 Å². The van der Waals surface area contributed by atoms with Crippen LogP contribution < -0.4 is 0 Å². The predicted octanol–water partition coefficient (Wildman–Crippen LogP) is 3.15. The summed E-state index contributed by atoms with van der Waals surface area (Å²) in [5, 5.41) is 10.3. The fraction of sp³-hybridized carbons (Fsp3) is 0.200. The van der Waals surface area contributed by atoms with Crippen molar-refractivity contribution in [2.24, 2.45) is 0 Å². The summed E-state index contributed by atoms with van der Waals surface area (Å²) in [6.07, 6.45) is 1.58. The van der Waals surface area contributed by atoms with Crippen LogP contribution in [0.5, 0.6) is 5.75 Å². The molecule has 2 rings (SSSR count). The zero-order valence-electron chi connectivity index (χ0n) is 11.2. The minimum Gasteiger partial charge on any atom is -0.505 e. The van der Waals surface area contributed by atoms with Gasteiger partial charge in [0.15, 0.2) is 0 Å². The van der Waals surface area contributed by atoms with E-state index in [2.05, 4.69) is 4.98 Å². The Kier molecular flexibility index (Phi) is 5.53. The van der Waals surface area contributed by atoms with Crippen molar-refractivity contribution in [3.05, 3.63) is 48.2 Å². The molecule has 1 unspecified atom stereocenters. The van der Waals surface area contributed by atoms with Gasteiger partial charge in [0, 0.05) is 17.3 Å². The molecule has 0 aliphatic heterocycles. The molecule has 2 aromatic rings. The molecule has 4 nitrogen and oxygen atoms in total.